The van der Waals surface area contributed by atoms with Crippen LogP contribution in [0.15, 0.2) is 24.3 Å². The standard InChI is InChI=1S/C20H31NO3/c1-3-23-17-8-4-5-9-18(17)24-15-14-21-13-7-12-20(16-21)11-6-10-19(20)22-2/h4-5,8-9,19H,3,6-7,10-16H2,1-2H3/t19-,20-/m1/s1. The molecule has 4 heteroatoms. The molecular weight excluding hydrogens is 302 g/mol. The Bertz CT molecular complexity index is 521. The van der Waals surface area contributed by atoms with Crippen molar-refractivity contribution in [1.29, 1.82) is 0 Å². The molecular formula is C20H31NO3. The predicted octanol–water partition coefficient (Wildman–Crippen LogP) is 3.75. The minimum absolute atomic E-state index is 0.385. The van der Waals surface area contributed by atoms with Gasteiger partial charge in [0.2, 0.25) is 0 Å². The molecule has 2 atom stereocenters. The van der Waals surface area contributed by atoms with Gasteiger partial charge in [0, 0.05) is 25.6 Å². The quantitative estimate of drug-likeness (QED) is 0.760. The fourth-order valence-corrected chi connectivity index (χ4v) is 4.52. The molecule has 24 heavy (non-hydrogen) atoms. The van der Waals surface area contributed by atoms with Crippen molar-refractivity contribution in [2.24, 2.45) is 5.41 Å². The Morgan fingerprint density at radius 2 is 1.88 bits per heavy atom. The van der Waals surface area contributed by atoms with E-state index in [-0.39, 0.29) is 0 Å². The summed E-state index contributed by atoms with van der Waals surface area (Å²) in [5, 5.41) is 0. The van der Waals surface area contributed by atoms with Crippen LogP contribution in [0.3, 0.4) is 0 Å². The number of piperidine rings is 1. The first-order valence-corrected chi connectivity index (χ1v) is 9.37. The van der Waals surface area contributed by atoms with Gasteiger partial charge in [-0.3, -0.25) is 4.90 Å². The van der Waals surface area contributed by atoms with E-state index >= 15 is 0 Å². The number of nitrogens with zero attached hydrogens (tertiary/aromatic N) is 1. The molecule has 2 fully saturated rings. The topological polar surface area (TPSA) is 30.9 Å². The molecule has 1 heterocycles. The maximum Gasteiger partial charge on any atom is 0.161 e. The van der Waals surface area contributed by atoms with Gasteiger partial charge in [-0.05, 0) is 51.3 Å². The van der Waals surface area contributed by atoms with E-state index in [0.29, 0.717) is 24.7 Å². The molecule has 1 aliphatic heterocycles. The lowest BCUT2D eigenvalue weighted by atomic mass is 9.76. The van der Waals surface area contributed by atoms with Gasteiger partial charge in [0.25, 0.3) is 0 Å². The van der Waals surface area contributed by atoms with Gasteiger partial charge in [0.05, 0.1) is 12.7 Å². The summed E-state index contributed by atoms with van der Waals surface area (Å²) in [6.45, 7) is 6.66. The Hall–Kier alpha value is -1.26. The molecule has 1 aromatic rings. The lowest BCUT2D eigenvalue weighted by molar-refractivity contribution is -0.0366. The Kier molecular flexibility index (Phi) is 6.01. The maximum atomic E-state index is 6.00. The first-order valence-electron chi connectivity index (χ1n) is 9.37. The molecule has 0 bridgehead atoms. The average molecular weight is 333 g/mol. The minimum Gasteiger partial charge on any atom is -0.490 e. The van der Waals surface area contributed by atoms with Crippen molar-refractivity contribution >= 4 is 0 Å². The first kappa shape index (κ1) is 17.6. The molecule has 4 nitrogen and oxygen atoms in total. The molecule has 1 saturated carbocycles. The number of methoxy groups -OCH3 is 1. The predicted molar refractivity (Wildman–Crippen MR) is 95.9 cm³/mol. The summed E-state index contributed by atoms with van der Waals surface area (Å²) in [6, 6.07) is 7.93. The van der Waals surface area contributed by atoms with Gasteiger partial charge in [0.1, 0.15) is 6.61 Å². The van der Waals surface area contributed by atoms with E-state index in [2.05, 4.69) is 4.90 Å². The van der Waals surface area contributed by atoms with Crippen LogP contribution in [0.1, 0.15) is 39.0 Å². The largest absolute Gasteiger partial charge is 0.490 e. The third-order valence-electron chi connectivity index (χ3n) is 5.61. The summed E-state index contributed by atoms with van der Waals surface area (Å²) in [6.07, 6.45) is 6.88. The van der Waals surface area contributed by atoms with Gasteiger partial charge < -0.3 is 14.2 Å². The highest BCUT2D eigenvalue weighted by molar-refractivity contribution is 5.39. The zero-order chi connectivity index (χ0) is 16.8. The molecule has 0 radical (unpaired) electrons. The van der Waals surface area contributed by atoms with Crippen LogP contribution in [0.5, 0.6) is 11.5 Å². The van der Waals surface area contributed by atoms with E-state index in [4.69, 9.17) is 14.2 Å². The Morgan fingerprint density at radius 1 is 1.12 bits per heavy atom. The summed E-state index contributed by atoms with van der Waals surface area (Å²) in [5.41, 5.74) is 0.385. The number of rotatable bonds is 7. The molecule has 1 aromatic carbocycles. The molecule has 0 amide bonds. The normalized spacial score (nSPS) is 27.5. The molecule has 3 rings (SSSR count). The van der Waals surface area contributed by atoms with Gasteiger partial charge in [-0.15, -0.1) is 0 Å². The molecule has 0 aromatic heterocycles. The fourth-order valence-electron chi connectivity index (χ4n) is 4.52. The van der Waals surface area contributed by atoms with Crippen molar-refractivity contribution in [2.75, 3.05) is 40.0 Å². The Morgan fingerprint density at radius 3 is 2.62 bits per heavy atom. The highest BCUT2D eigenvalue weighted by Gasteiger charge is 2.45. The van der Waals surface area contributed by atoms with E-state index in [1.165, 1.54) is 38.6 Å². The highest BCUT2D eigenvalue weighted by Crippen LogP contribution is 2.46. The lowest BCUT2D eigenvalue weighted by Gasteiger charge is -2.43. The Labute approximate surface area is 146 Å². The van der Waals surface area contributed by atoms with Crippen LogP contribution in [0, 0.1) is 5.41 Å². The van der Waals surface area contributed by atoms with Crippen LogP contribution in [-0.4, -0.2) is 51.0 Å². The molecule has 1 spiro atoms. The average Bonchev–Trinajstić information content (AvgIpc) is 2.98. The molecule has 134 valence electrons. The van der Waals surface area contributed by atoms with E-state index < -0.39 is 0 Å². The van der Waals surface area contributed by atoms with Crippen molar-refractivity contribution < 1.29 is 14.2 Å². The van der Waals surface area contributed by atoms with Crippen molar-refractivity contribution in [3.63, 3.8) is 0 Å². The first-order chi connectivity index (χ1) is 11.8. The van der Waals surface area contributed by atoms with Crippen molar-refractivity contribution in [3.05, 3.63) is 24.3 Å². The molecule has 1 saturated heterocycles. The van der Waals surface area contributed by atoms with Gasteiger partial charge >= 0.3 is 0 Å². The second-order valence-electron chi connectivity index (χ2n) is 7.09. The van der Waals surface area contributed by atoms with E-state index in [1.54, 1.807) is 0 Å². The smallest absolute Gasteiger partial charge is 0.161 e. The number of para-hydroxylation sites is 2. The zero-order valence-corrected chi connectivity index (χ0v) is 15.1. The van der Waals surface area contributed by atoms with Crippen molar-refractivity contribution in [2.45, 2.75) is 45.1 Å². The van der Waals surface area contributed by atoms with Crippen LogP contribution in [0.25, 0.3) is 0 Å². The second kappa shape index (κ2) is 8.21. The molecule has 0 unspecified atom stereocenters. The van der Waals surface area contributed by atoms with Gasteiger partial charge in [0.15, 0.2) is 11.5 Å². The number of benzene rings is 1. The lowest BCUT2D eigenvalue weighted by Crippen LogP contribution is -2.48. The van der Waals surface area contributed by atoms with Crippen LogP contribution < -0.4 is 9.47 Å². The maximum absolute atomic E-state index is 6.00. The number of ether oxygens (including phenoxy) is 3. The SMILES string of the molecule is CCOc1ccccc1OCCN1CCC[C@]2(CCC[C@H]2OC)C1. The van der Waals surface area contributed by atoms with E-state index in [1.807, 2.05) is 38.3 Å². The third kappa shape index (κ3) is 3.86. The van der Waals surface area contributed by atoms with Crippen molar-refractivity contribution in [1.82, 2.24) is 4.90 Å². The summed E-state index contributed by atoms with van der Waals surface area (Å²) in [4.78, 5) is 2.56. The minimum atomic E-state index is 0.385. The molecule has 1 aliphatic carbocycles. The van der Waals surface area contributed by atoms with Gasteiger partial charge in [-0.1, -0.05) is 18.6 Å². The summed E-state index contributed by atoms with van der Waals surface area (Å²) >= 11 is 0. The summed E-state index contributed by atoms with van der Waals surface area (Å²) in [7, 11) is 1.88. The Balaban J connectivity index is 1.52. The summed E-state index contributed by atoms with van der Waals surface area (Å²) < 4.78 is 17.4. The van der Waals surface area contributed by atoms with Crippen LogP contribution in [-0.2, 0) is 4.74 Å². The van der Waals surface area contributed by atoms with E-state index in [0.717, 1.165) is 24.6 Å². The van der Waals surface area contributed by atoms with Crippen LogP contribution in [0.2, 0.25) is 0 Å². The van der Waals surface area contributed by atoms with Crippen molar-refractivity contribution in [3.8, 4) is 11.5 Å². The fraction of sp³-hybridized carbons (Fsp3) is 0.700. The monoisotopic (exact) mass is 333 g/mol. The van der Waals surface area contributed by atoms with Gasteiger partial charge in [-0.2, -0.15) is 0 Å². The highest BCUT2D eigenvalue weighted by atomic mass is 16.5. The molecule has 0 N–H and O–H groups in total. The summed E-state index contributed by atoms with van der Waals surface area (Å²) in [5.74, 6) is 1.69. The second-order valence-corrected chi connectivity index (χ2v) is 7.09. The third-order valence-corrected chi connectivity index (χ3v) is 5.61. The van der Waals surface area contributed by atoms with Crippen LogP contribution in [0.4, 0.5) is 0 Å². The number of likely N-dealkylation sites (tertiary alicyclic amines) is 1. The van der Waals surface area contributed by atoms with E-state index in [9.17, 15) is 0 Å². The zero-order valence-electron chi connectivity index (χ0n) is 15.1. The number of hydrogen-bond acceptors (Lipinski definition) is 4. The number of hydrogen-bond donors (Lipinski definition) is 0. The van der Waals surface area contributed by atoms with Gasteiger partial charge in [-0.25, -0.2) is 0 Å². The van der Waals surface area contributed by atoms with Crippen LogP contribution >= 0.6 is 0 Å². The molecule has 2 aliphatic rings.